The number of aliphatic carboxylic acids is 1. The quantitative estimate of drug-likeness (QED) is 0.597. The maximum Gasteiger partial charge on any atom is 0.333 e. The van der Waals surface area contributed by atoms with Crippen LogP contribution in [0.25, 0.3) is 0 Å². The molecule has 0 aliphatic rings. The Morgan fingerprint density at radius 1 is 1.17 bits per heavy atom. The molecule has 0 spiro atoms. The van der Waals surface area contributed by atoms with Crippen molar-refractivity contribution < 1.29 is 19.4 Å². The molecule has 18 heavy (non-hydrogen) atoms. The molecule has 0 amide bonds. The fourth-order valence-electron chi connectivity index (χ4n) is 0.920. The fraction of sp³-hybridized carbons (Fsp3) is 0.538. The molecule has 0 rings (SSSR count). The van der Waals surface area contributed by atoms with Crippen LogP contribution in [0.15, 0.2) is 23.3 Å². The molecule has 5 heteroatoms. The Balaban J connectivity index is -0.000000277. The van der Waals surface area contributed by atoms with E-state index in [2.05, 4.69) is 6.58 Å². The molecule has 0 atom stereocenters. The van der Waals surface area contributed by atoms with E-state index in [-0.39, 0.29) is 17.7 Å². The second kappa shape index (κ2) is 11.9. The number of carboxylic acids is 1. The first kappa shape index (κ1) is 21.6. The minimum atomic E-state index is -0.935. The zero-order valence-corrected chi connectivity index (χ0v) is 12.0. The molecule has 0 aromatic carbocycles. The van der Waals surface area contributed by atoms with Crippen molar-refractivity contribution in [2.75, 3.05) is 6.61 Å². The third kappa shape index (κ3) is 10.9. The third-order valence-electron chi connectivity index (χ3n) is 1.84. The van der Waals surface area contributed by atoms with Gasteiger partial charge in [0, 0.05) is 11.1 Å². The summed E-state index contributed by atoms with van der Waals surface area (Å²) >= 11 is 0. The Morgan fingerprint density at radius 3 is 1.72 bits per heavy atom. The second-order valence-corrected chi connectivity index (χ2v) is 3.64. The van der Waals surface area contributed by atoms with Crippen molar-refractivity contribution >= 4 is 11.9 Å². The SMILES string of the molecule is C=C(C)C(=O)O.CCOC(=O)C(CC)=C(C)C.N. The van der Waals surface area contributed by atoms with Gasteiger partial charge in [-0.2, -0.15) is 0 Å². The summed E-state index contributed by atoms with van der Waals surface area (Å²) in [5.74, 6) is -1.11. The summed E-state index contributed by atoms with van der Waals surface area (Å²) in [6.45, 7) is 12.7. The maximum atomic E-state index is 11.1. The van der Waals surface area contributed by atoms with Gasteiger partial charge in [-0.1, -0.05) is 19.1 Å². The second-order valence-electron chi connectivity index (χ2n) is 3.64. The van der Waals surface area contributed by atoms with Crippen LogP contribution in [-0.4, -0.2) is 23.7 Å². The molecule has 0 saturated carbocycles. The van der Waals surface area contributed by atoms with Crippen LogP contribution < -0.4 is 6.15 Å². The molecule has 5 nitrogen and oxygen atoms in total. The minimum Gasteiger partial charge on any atom is -0.478 e. The van der Waals surface area contributed by atoms with Gasteiger partial charge in [0.15, 0.2) is 0 Å². The molecule has 0 aromatic rings. The van der Waals surface area contributed by atoms with Crippen molar-refractivity contribution in [1.29, 1.82) is 0 Å². The van der Waals surface area contributed by atoms with Crippen molar-refractivity contribution in [1.82, 2.24) is 6.15 Å². The van der Waals surface area contributed by atoms with Gasteiger partial charge < -0.3 is 16.0 Å². The minimum absolute atomic E-state index is 0. The third-order valence-corrected chi connectivity index (χ3v) is 1.84. The van der Waals surface area contributed by atoms with Crippen LogP contribution in [0.4, 0.5) is 0 Å². The van der Waals surface area contributed by atoms with Gasteiger partial charge in [0.05, 0.1) is 6.61 Å². The lowest BCUT2D eigenvalue weighted by atomic mass is 10.1. The average molecular weight is 259 g/mol. The lowest BCUT2D eigenvalue weighted by Crippen LogP contribution is -2.08. The van der Waals surface area contributed by atoms with Crippen molar-refractivity contribution in [3.05, 3.63) is 23.3 Å². The molecular weight excluding hydrogens is 234 g/mol. The average Bonchev–Trinajstić information content (AvgIpc) is 2.19. The van der Waals surface area contributed by atoms with Gasteiger partial charge in [0.1, 0.15) is 0 Å². The maximum absolute atomic E-state index is 11.1. The number of carboxylic acid groups (broad SMARTS) is 1. The molecule has 0 radical (unpaired) electrons. The first-order chi connectivity index (χ1) is 7.77. The number of hydrogen-bond acceptors (Lipinski definition) is 4. The Labute approximate surface area is 109 Å². The highest BCUT2D eigenvalue weighted by Crippen LogP contribution is 2.09. The number of hydrogen-bond donors (Lipinski definition) is 2. The van der Waals surface area contributed by atoms with Crippen LogP contribution in [0.3, 0.4) is 0 Å². The van der Waals surface area contributed by atoms with Gasteiger partial charge in [0.2, 0.25) is 0 Å². The lowest BCUT2D eigenvalue weighted by Gasteiger charge is -2.05. The highest BCUT2D eigenvalue weighted by Gasteiger charge is 2.08. The highest BCUT2D eigenvalue weighted by molar-refractivity contribution is 5.89. The van der Waals surface area contributed by atoms with Gasteiger partial charge in [-0.25, -0.2) is 9.59 Å². The fourth-order valence-corrected chi connectivity index (χ4v) is 0.920. The first-order valence-electron chi connectivity index (χ1n) is 5.50. The van der Waals surface area contributed by atoms with Crippen molar-refractivity contribution in [2.24, 2.45) is 0 Å². The summed E-state index contributed by atoms with van der Waals surface area (Å²) in [5, 5.41) is 7.89. The van der Waals surface area contributed by atoms with E-state index in [0.717, 1.165) is 17.6 Å². The molecule has 0 fully saturated rings. The molecule has 106 valence electrons. The topological polar surface area (TPSA) is 98.6 Å². The zero-order valence-electron chi connectivity index (χ0n) is 12.0. The molecule has 0 bridgehead atoms. The van der Waals surface area contributed by atoms with Crippen LogP contribution in [0.1, 0.15) is 41.0 Å². The summed E-state index contributed by atoms with van der Waals surface area (Å²) < 4.78 is 4.86. The van der Waals surface area contributed by atoms with Crippen LogP contribution in [0.5, 0.6) is 0 Å². The van der Waals surface area contributed by atoms with E-state index >= 15 is 0 Å². The molecule has 0 heterocycles. The summed E-state index contributed by atoms with van der Waals surface area (Å²) in [4.78, 5) is 20.7. The van der Waals surface area contributed by atoms with Gasteiger partial charge in [-0.15, -0.1) is 0 Å². The molecule has 0 aliphatic heterocycles. The Kier molecular flexibility index (Phi) is 14.3. The highest BCUT2D eigenvalue weighted by atomic mass is 16.5. The standard InChI is InChI=1S/C9H16O2.C4H6O2.H3N/c1-5-8(7(3)4)9(10)11-6-2;1-3(2)4(5)6;/h5-6H2,1-4H3;1H2,2H3,(H,5,6);1H3. The van der Waals surface area contributed by atoms with Crippen LogP contribution in [0.2, 0.25) is 0 Å². The summed E-state index contributed by atoms with van der Waals surface area (Å²) in [5.41, 5.74) is 2.02. The lowest BCUT2D eigenvalue weighted by molar-refractivity contribution is -0.138. The number of allylic oxidation sites excluding steroid dienone is 1. The molecule has 0 saturated heterocycles. The van der Waals surface area contributed by atoms with E-state index in [1.807, 2.05) is 27.7 Å². The molecule has 0 unspecified atom stereocenters. The Morgan fingerprint density at radius 2 is 1.56 bits per heavy atom. The van der Waals surface area contributed by atoms with E-state index in [0.29, 0.717) is 6.61 Å². The number of esters is 1. The van der Waals surface area contributed by atoms with Crippen molar-refractivity contribution in [3.8, 4) is 0 Å². The van der Waals surface area contributed by atoms with Gasteiger partial charge in [-0.05, 0) is 34.1 Å². The predicted octanol–water partition coefficient (Wildman–Crippen LogP) is 3.11. The normalized spacial score (nSPS) is 8.06. The molecule has 4 N–H and O–H groups in total. The van der Waals surface area contributed by atoms with E-state index in [1.165, 1.54) is 6.92 Å². The van der Waals surface area contributed by atoms with Crippen molar-refractivity contribution in [2.45, 2.75) is 41.0 Å². The number of carbonyl (C=O) groups excluding carboxylic acids is 1. The molecule has 0 aliphatic carbocycles. The summed E-state index contributed by atoms with van der Waals surface area (Å²) in [7, 11) is 0. The van der Waals surface area contributed by atoms with E-state index in [9.17, 15) is 9.59 Å². The summed E-state index contributed by atoms with van der Waals surface area (Å²) in [6.07, 6.45) is 0.751. The zero-order chi connectivity index (χ0) is 14.0. The van der Waals surface area contributed by atoms with Gasteiger partial charge in [-0.3, -0.25) is 0 Å². The number of ether oxygens (including phenoxy) is 1. The van der Waals surface area contributed by atoms with Crippen LogP contribution >= 0.6 is 0 Å². The smallest absolute Gasteiger partial charge is 0.333 e. The van der Waals surface area contributed by atoms with Crippen LogP contribution in [-0.2, 0) is 14.3 Å². The van der Waals surface area contributed by atoms with E-state index < -0.39 is 5.97 Å². The van der Waals surface area contributed by atoms with Crippen LogP contribution in [0, 0.1) is 0 Å². The number of rotatable bonds is 4. The molecule has 0 aromatic heterocycles. The summed E-state index contributed by atoms with van der Waals surface area (Å²) in [6, 6.07) is 0. The van der Waals surface area contributed by atoms with E-state index in [4.69, 9.17) is 9.84 Å². The largest absolute Gasteiger partial charge is 0.478 e. The van der Waals surface area contributed by atoms with Gasteiger partial charge in [0.25, 0.3) is 0 Å². The number of carbonyl (C=O) groups is 2. The van der Waals surface area contributed by atoms with Crippen molar-refractivity contribution in [3.63, 3.8) is 0 Å². The Bertz CT molecular complexity index is 303. The van der Waals surface area contributed by atoms with Gasteiger partial charge >= 0.3 is 11.9 Å². The predicted molar refractivity (Wildman–Crippen MR) is 72.8 cm³/mol. The molecular formula is C13H25NO4. The first-order valence-corrected chi connectivity index (χ1v) is 5.50. The monoisotopic (exact) mass is 259 g/mol. The Hall–Kier alpha value is -1.62. The van der Waals surface area contributed by atoms with E-state index in [1.54, 1.807) is 0 Å².